The second kappa shape index (κ2) is 8.02. The maximum absolute atomic E-state index is 11.5. The van der Waals surface area contributed by atoms with Gasteiger partial charge in [-0.2, -0.15) is 0 Å². The van der Waals surface area contributed by atoms with Gasteiger partial charge in [-0.3, -0.25) is 4.79 Å². The van der Waals surface area contributed by atoms with Crippen molar-refractivity contribution in [2.24, 2.45) is 0 Å². The molecule has 0 radical (unpaired) electrons. The molecule has 0 aliphatic carbocycles. The molecule has 0 aliphatic heterocycles. The number of halogens is 1. The highest BCUT2D eigenvalue weighted by molar-refractivity contribution is 6.31. The zero-order chi connectivity index (χ0) is 16.8. The van der Waals surface area contributed by atoms with E-state index < -0.39 is 0 Å². The summed E-state index contributed by atoms with van der Waals surface area (Å²) in [6.07, 6.45) is 1.20. The summed E-state index contributed by atoms with van der Waals surface area (Å²) in [7, 11) is 0. The van der Waals surface area contributed by atoms with Gasteiger partial charge in [-0.05, 0) is 36.6 Å². The van der Waals surface area contributed by atoms with Crippen molar-refractivity contribution in [2.45, 2.75) is 40.2 Å². The number of carbonyl (C=O) groups excluding carboxylic acids is 1. The molecule has 0 aromatic heterocycles. The third-order valence-electron chi connectivity index (χ3n) is 3.59. The number of hydrogen-bond donors (Lipinski definition) is 0. The number of esters is 1. The molecule has 122 valence electrons. The van der Waals surface area contributed by atoms with Crippen molar-refractivity contribution < 1.29 is 14.3 Å². The average Bonchev–Trinajstić information content (AvgIpc) is 2.56. The molecule has 0 N–H and O–H groups in total. The number of rotatable bonds is 6. The first-order valence-corrected chi connectivity index (χ1v) is 8.13. The zero-order valence-corrected chi connectivity index (χ0v) is 14.4. The summed E-state index contributed by atoms with van der Waals surface area (Å²) in [5, 5.41) is 0.683. The second-order valence-corrected chi connectivity index (χ2v) is 5.69. The molecule has 0 saturated carbocycles. The van der Waals surface area contributed by atoms with Gasteiger partial charge in [0.25, 0.3) is 0 Å². The lowest BCUT2D eigenvalue weighted by atomic mass is 10.1. The van der Waals surface area contributed by atoms with Gasteiger partial charge in [-0.15, -0.1) is 0 Å². The molecule has 0 fully saturated rings. The largest absolute Gasteiger partial charge is 0.488 e. The molecule has 0 amide bonds. The number of benzene rings is 2. The monoisotopic (exact) mass is 332 g/mol. The summed E-state index contributed by atoms with van der Waals surface area (Å²) in [6, 6.07) is 11.3. The lowest BCUT2D eigenvalue weighted by Gasteiger charge is -2.14. The third-order valence-corrected chi connectivity index (χ3v) is 4.00. The maximum atomic E-state index is 11.5. The Labute approximate surface area is 142 Å². The van der Waals surface area contributed by atoms with Gasteiger partial charge in [0.15, 0.2) is 0 Å². The third kappa shape index (κ3) is 4.49. The van der Waals surface area contributed by atoms with Gasteiger partial charge in [0, 0.05) is 17.0 Å². The van der Waals surface area contributed by atoms with Crippen LogP contribution in [-0.2, 0) is 17.8 Å². The Morgan fingerprint density at radius 1 is 1.09 bits per heavy atom. The highest BCUT2D eigenvalue weighted by Gasteiger charge is 2.10. The van der Waals surface area contributed by atoms with E-state index in [-0.39, 0.29) is 5.97 Å². The fourth-order valence-electron chi connectivity index (χ4n) is 2.21. The second-order valence-electron chi connectivity index (χ2n) is 5.29. The van der Waals surface area contributed by atoms with Crippen LogP contribution in [-0.4, -0.2) is 5.97 Å². The van der Waals surface area contributed by atoms with Crippen molar-refractivity contribution in [3.8, 4) is 11.5 Å². The lowest BCUT2D eigenvalue weighted by molar-refractivity contribution is -0.134. The van der Waals surface area contributed by atoms with Crippen molar-refractivity contribution in [1.29, 1.82) is 0 Å². The van der Waals surface area contributed by atoms with Gasteiger partial charge in [0.2, 0.25) is 0 Å². The SMILES string of the molecule is CCC(=O)Oc1ccccc1COc1cc(Cl)c(C)cc1CC. The Morgan fingerprint density at radius 2 is 1.83 bits per heavy atom. The van der Waals surface area contributed by atoms with E-state index in [2.05, 4.69) is 6.92 Å². The average molecular weight is 333 g/mol. The topological polar surface area (TPSA) is 35.5 Å². The summed E-state index contributed by atoms with van der Waals surface area (Å²) in [5.74, 6) is 1.04. The number of carbonyl (C=O) groups is 1. The van der Waals surface area contributed by atoms with Gasteiger partial charge in [0.05, 0.1) is 0 Å². The fourth-order valence-corrected chi connectivity index (χ4v) is 2.36. The van der Waals surface area contributed by atoms with Gasteiger partial charge in [0.1, 0.15) is 18.1 Å². The van der Waals surface area contributed by atoms with Crippen LogP contribution in [0.4, 0.5) is 0 Å². The quantitative estimate of drug-likeness (QED) is 0.545. The molecular formula is C19H21ClO3. The molecule has 23 heavy (non-hydrogen) atoms. The first kappa shape index (κ1) is 17.4. The number of para-hydroxylation sites is 1. The summed E-state index contributed by atoms with van der Waals surface area (Å²) in [5.41, 5.74) is 2.97. The smallest absolute Gasteiger partial charge is 0.310 e. The van der Waals surface area contributed by atoms with Crippen molar-refractivity contribution >= 4 is 17.6 Å². The van der Waals surface area contributed by atoms with Crippen LogP contribution in [0, 0.1) is 6.92 Å². The Bertz CT molecular complexity index is 695. The Hall–Kier alpha value is -2.00. The Balaban J connectivity index is 2.18. The molecular weight excluding hydrogens is 312 g/mol. The molecule has 0 bridgehead atoms. The minimum Gasteiger partial charge on any atom is -0.488 e. The normalized spacial score (nSPS) is 10.4. The molecule has 0 atom stereocenters. The van der Waals surface area contributed by atoms with E-state index in [4.69, 9.17) is 21.1 Å². The van der Waals surface area contributed by atoms with Crippen LogP contribution in [0.1, 0.15) is 37.0 Å². The molecule has 3 nitrogen and oxygen atoms in total. The minimum atomic E-state index is -0.259. The van der Waals surface area contributed by atoms with E-state index in [1.54, 1.807) is 13.0 Å². The summed E-state index contributed by atoms with van der Waals surface area (Å²) >= 11 is 6.19. The van der Waals surface area contributed by atoms with E-state index >= 15 is 0 Å². The van der Waals surface area contributed by atoms with E-state index in [9.17, 15) is 4.79 Å². The minimum absolute atomic E-state index is 0.259. The summed E-state index contributed by atoms with van der Waals surface area (Å²) in [4.78, 5) is 11.5. The highest BCUT2D eigenvalue weighted by atomic mass is 35.5. The standard InChI is InChI=1S/C19H21ClO3/c1-4-14-10-13(3)16(20)11-18(14)22-12-15-8-6-7-9-17(15)23-19(21)5-2/h6-11H,4-5,12H2,1-3H3. The van der Waals surface area contributed by atoms with Gasteiger partial charge >= 0.3 is 5.97 Å². The first-order valence-electron chi connectivity index (χ1n) is 7.75. The molecule has 2 rings (SSSR count). The molecule has 0 spiro atoms. The van der Waals surface area contributed by atoms with E-state index in [1.807, 2.05) is 37.3 Å². The summed E-state index contributed by atoms with van der Waals surface area (Å²) < 4.78 is 11.3. The van der Waals surface area contributed by atoms with Crippen LogP contribution in [0.15, 0.2) is 36.4 Å². The molecule has 0 aliphatic rings. The Morgan fingerprint density at radius 3 is 2.52 bits per heavy atom. The van der Waals surface area contributed by atoms with E-state index in [0.29, 0.717) is 23.8 Å². The van der Waals surface area contributed by atoms with Gasteiger partial charge in [-0.1, -0.05) is 49.7 Å². The van der Waals surface area contributed by atoms with Crippen LogP contribution < -0.4 is 9.47 Å². The molecule has 0 saturated heterocycles. The zero-order valence-electron chi connectivity index (χ0n) is 13.7. The fraction of sp³-hybridized carbons (Fsp3) is 0.316. The predicted molar refractivity (Wildman–Crippen MR) is 92.3 cm³/mol. The number of ether oxygens (including phenoxy) is 2. The molecule has 2 aromatic carbocycles. The van der Waals surface area contributed by atoms with Crippen molar-refractivity contribution in [3.63, 3.8) is 0 Å². The van der Waals surface area contributed by atoms with Gasteiger partial charge in [-0.25, -0.2) is 0 Å². The van der Waals surface area contributed by atoms with Crippen LogP contribution in [0.2, 0.25) is 5.02 Å². The number of hydrogen-bond acceptors (Lipinski definition) is 3. The van der Waals surface area contributed by atoms with Crippen molar-refractivity contribution in [3.05, 3.63) is 58.1 Å². The molecule has 2 aromatic rings. The van der Waals surface area contributed by atoms with Crippen LogP contribution in [0.3, 0.4) is 0 Å². The highest BCUT2D eigenvalue weighted by Crippen LogP contribution is 2.29. The lowest BCUT2D eigenvalue weighted by Crippen LogP contribution is -2.08. The predicted octanol–water partition coefficient (Wildman–Crippen LogP) is 5.11. The summed E-state index contributed by atoms with van der Waals surface area (Å²) in [6.45, 7) is 6.14. The molecule has 0 heterocycles. The number of aryl methyl sites for hydroxylation is 2. The Kier molecular flexibility index (Phi) is 6.05. The van der Waals surface area contributed by atoms with Crippen LogP contribution in [0.25, 0.3) is 0 Å². The van der Waals surface area contributed by atoms with Gasteiger partial charge < -0.3 is 9.47 Å². The maximum Gasteiger partial charge on any atom is 0.310 e. The van der Waals surface area contributed by atoms with Crippen LogP contribution >= 0.6 is 11.6 Å². The molecule has 4 heteroatoms. The van der Waals surface area contributed by atoms with Crippen molar-refractivity contribution in [1.82, 2.24) is 0 Å². The van der Waals surface area contributed by atoms with E-state index in [0.717, 1.165) is 28.9 Å². The van der Waals surface area contributed by atoms with Crippen molar-refractivity contribution in [2.75, 3.05) is 0 Å². The first-order chi connectivity index (χ1) is 11.0. The molecule has 0 unspecified atom stereocenters. The van der Waals surface area contributed by atoms with E-state index in [1.165, 1.54) is 0 Å². The van der Waals surface area contributed by atoms with Crippen LogP contribution in [0.5, 0.6) is 11.5 Å².